The highest BCUT2D eigenvalue weighted by molar-refractivity contribution is 7.98. The zero-order valence-corrected chi connectivity index (χ0v) is 24.1. The minimum Gasteiger partial charge on any atom is -0.491 e. The van der Waals surface area contributed by atoms with E-state index in [9.17, 15) is 4.79 Å². The van der Waals surface area contributed by atoms with Crippen LogP contribution in [0.5, 0.6) is 5.75 Å². The van der Waals surface area contributed by atoms with Gasteiger partial charge in [-0.1, -0.05) is 37.4 Å². The number of halogens is 1. The Balaban J connectivity index is 1.33. The number of aryl methyl sites for hydroxylation is 3. The number of amides is 1. The first kappa shape index (κ1) is 26.9. The highest BCUT2D eigenvalue weighted by Crippen LogP contribution is 2.40. The fourth-order valence-corrected chi connectivity index (χ4v) is 6.19. The summed E-state index contributed by atoms with van der Waals surface area (Å²) >= 11 is 7.72. The first-order chi connectivity index (χ1) is 18.4. The molecular weight excluding hydrogens is 516 g/mol. The number of hydrogen-bond donors (Lipinski definition) is 1. The Morgan fingerprint density at radius 1 is 1.21 bits per heavy atom. The number of carbonyl (C=O) groups excluding carboxylic acids is 1. The Hall–Kier alpha value is -2.64. The minimum absolute atomic E-state index is 0.0585. The van der Waals surface area contributed by atoms with Gasteiger partial charge in [-0.05, 0) is 91.6 Å². The van der Waals surface area contributed by atoms with Crippen LogP contribution >= 0.6 is 23.5 Å². The normalized spacial score (nSPS) is 17.4. The van der Waals surface area contributed by atoms with Crippen LogP contribution in [0.3, 0.4) is 0 Å². The molecule has 0 saturated heterocycles. The van der Waals surface area contributed by atoms with Crippen molar-refractivity contribution in [3.8, 4) is 5.75 Å². The maximum Gasteiger partial charge on any atom is 0.236 e. The Bertz CT molecular complexity index is 1270. The van der Waals surface area contributed by atoms with Gasteiger partial charge in [0.05, 0.1) is 24.4 Å². The maximum atomic E-state index is 12.6. The van der Waals surface area contributed by atoms with E-state index >= 15 is 0 Å². The molecule has 1 aliphatic heterocycles. The summed E-state index contributed by atoms with van der Waals surface area (Å²) < 4.78 is 11.2. The second-order valence-corrected chi connectivity index (χ2v) is 12.0. The third kappa shape index (κ3) is 6.32. The van der Waals surface area contributed by atoms with Gasteiger partial charge in [0.25, 0.3) is 0 Å². The quantitative estimate of drug-likeness (QED) is 0.308. The molecule has 0 bridgehead atoms. The highest BCUT2D eigenvalue weighted by Gasteiger charge is 2.29. The van der Waals surface area contributed by atoms with Crippen LogP contribution in [-0.2, 0) is 24.7 Å². The summed E-state index contributed by atoms with van der Waals surface area (Å²) in [4.78, 5) is 16.1. The number of fused-ring (bicyclic) bond motifs is 1. The van der Waals surface area contributed by atoms with Gasteiger partial charge in [0, 0.05) is 41.7 Å². The van der Waals surface area contributed by atoms with Crippen LogP contribution in [0.1, 0.15) is 61.0 Å². The van der Waals surface area contributed by atoms with Crippen molar-refractivity contribution >= 4 is 35.1 Å². The number of anilines is 1. The zero-order valence-electron chi connectivity index (χ0n) is 22.5. The number of aromatic nitrogens is 2. The van der Waals surface area contributed by atoms with Crippen LogP contribution < -0.4 is 14.4 Å². The second-order valence-electron chi connectivity index (χ2n) is 10.6. The Kier molecular flexibility index (Phi) is 8.54. The lowest BCUT2D eigenvalue weighted by Gasteiger charge is -2.35. The lowest BCUT2D eigenvalue weighted by atomic mass is 9.84. The molecule has 1 amide bonds. The molecule has 5 rings (SSSR count). The first-order valence-corrected chi connectivity index (χ1v) is 14.8. The van der Waals surface area contributed by atoms with E-state index in [0.29, 0.717) is 6.61 Å². The summed E-state index contributed by atoms with van der Waals surface area (Å²) in [6, 6.07) is 14.5. The molecule has 1 N–H and O–H groups in total. The standard InChI is InChI=1S/C30H37ClN4O2S/c1-4-6-22-14-24(31)9-11-27(22)23-18-35(17-21-7-5-8-21)28-16-26(10-12-29(28)37-19-23)38-33-30(36)15-25-13-20(2)34(3)32-25/h9-14,16,21,23H,4-8,15,17-19H2,1-3H3,(H,33,36). The molecule has 0 spiro atoms. The predicted molar refractivity (Wildman–Crippen MR) is 155 cm³/mol. The molecule has 1 fully saturated rings. The molecule has 3 aromatic rings. The third-order valence-electron chi connectivity index (χ3n) is 7.71. The fourth-order valence-electron chi connectivity index (χ4n) is 5.38. The van der Waals surface area contributed by atoms with Crippen molar-refractivity contribution in [3.63, 3.8) is 0 Å². The summed E-state index contributed by atoms with van der Waals surface area (Å²) in [7, 11) is 1.89. The SMILES string of the molecule is CCCc1cc(Cl)ccc1C1COc2ccc(SNC(=O)Cc3cc(C)n(C)n3)cc2N(CC2CCC2)C1. The largest absolute Gasteiger partial charge is 0.491 e. The van der Waals surface area contributed by atoms with Crippen molar-refractivity contribution in [3.05, 3.63) is 70.0 Å². The molecule has 2 heterocycles. The van der Waals surface area contributed by atoms with Gasteiger partial charge in [-0.15, -0.1) is 0 Å². The molecule has 1 aliphatic carbocycles. The minimum atomic E-state index is -0.0585. The number of rotatable bonds is 9. The molecule has 2 aliphatic rings. The smallest absolute Gasteiger partial charge is 0.236 e. The van der Waals surface area contributed by atoms with E-state index in [2.05, 4.69) is 45.9 Å². The zero-order chi connectivity index (χ0) is 26.6. The summed E-state index contributed by atoms with van der Waals surface area (Å²) in [5.74, 6) is 1.84. The van der Waals surface area contributed by atoms with Gasteiger partial charge in [-0.25, -0.2) is 0 Å². The third-order valence-corrected chi connectivity index (χ3v) is 8.76. The van der Waals surface area contributed by atoms with E-state index in [-0.39, 0.29) is 18.2 Å². The average molecular weight is 553 g/mol. The number of hydrogen-bond acceptors (Lipinski definition) is 5. The van der Waals surface area contributed by atoms with Gasteiger partial charge in [0.15, 0.2) is 0 Å². The first-order valence-electron chi connectivity index (χ1n) is 13.6. The summed E-state index contributed by atoms with van der Waals surface area (Å²) in [6.07, 6.45) is 6.26. The van der Waals surface area contributed by atoms with E-state index < -0.39 is 0 Å². The van der Waals surface area contributed by atoms with Gasteiger partial charge in [-0.2, -0.15) is 5.10 Å². The van der Waals surface area contributed by atoms with Crippen LogP contribution in [0.4, 0.5) is 5.69 Å². The predicted octanol–water partition coefficient (Wildman–Crippen LogP) is 6.48. The van der Waals surface area contributed by atoms with Crippen LogP contribution in [0.25, 0.3) is 0 Å². The lowest BCUT2D eigenvalue weighted by molar-refractivity contribution is -0.118. The van der Waals surface area contributed by atoms with Crippen LogP contribution in [0.2, 0.25) is 5.02 Å². The molecule has 0 radical (unpaired) electrons. The molecule has 1 saturated carbocycles. The molecular formula is C30H37ClN4O2S. The van der Waals surface area contributed by atoms with Crippen molar-refractivity contribution < 1.29 is 9.53 Å². The Labute approximate surface area is 235 Å². The number of carbonyl (C=O) groups is 1. The summed E-state index contributed by atoms with van der Waals surface area (Å²) in [5, 5.41) is 5.19. The van der Waals surface area contributed by atoms with Crippen molar-refractivity contribution in [1.82, 2.24) is 14.5 Å². The number of benzene rings is 2. The van der Waals surface area contributed by atoms with Crippen molar-refractivity contribution in [2.45, 2.75) is 63.2 Å². The number of ether oxygens (including phenoxy) is 1. The van der Waals surface area contributed by atoms with Crippen LogP contribution in [0, 0.1) is 12.8 Å². The Morgan fingerprint density at radius 3 is 2.76 bits per heavy atom. The number of nitrogens with zero attached hydrogens (tertiary/aromatic N) is 3. The lowest BCUT2D eigenvalue weighted by Crippen LogP contribution is -2.35. The maximum absolute atomic E-state index is 12.6. The average Bonchev–Trinajstić information content (AvgIpc) is 3.07. The van der Waals surface area contributed by atoms with Gasteiger partial charge >= 0.3 is 0 Å². The molecule has 6 nitrogen and oxygen atoms in total. The van der Waals surface area contributed by atoms with Gasteiger partial charge < -0.3 is 9.64 Å². The molecule has 2 aromatic carbocycles. The second kappa shape index (κ2) is 12.0. The number of nitrogens with one attached hydrogen (secondary N) is 1. The van der Waals surface area contributed by atoms with Gasteiger partial charge in [0.1, 0.15) is 5.75 Å². The van der Waals surface area contributed by atoms with Gasteiger partial charge in [0.2, 0.25) is 5.91 Å². The highest BCUT2D eigenvalue weighted by atomic mass is 35.5. The van der Waals surface area contributed by atoms with E-state index in [4.69, 9.17) is 16.3 Å². The van der Waals surface area contributed by atoms with E-state index in [1.165, 1.54) is 42.3 Å². The van der Waals surface area contributed by atoms with Crippen molar-refractivity contribution in [1.29, 1.82) is 0 Å². The van der Waals surface area contributed by atoms with Crippen molar-refractivity contribution in [2.75, 3.05) is 24.6 Å². The molecule has 1 unspecified atom stereocenters. The van der Waals surface area contributed by atoms with E-state index in [0.717, 1.165) is 64.6 Å². The van der Waals surface area contributed by atoms with E-state index in [1.54, 1.807) is 4.68 Å². The molecule has 1 aromatic heterocycles. The molecule has 202 valence electrons. The molecule has 1 atom stereocenters. The monoisotopic (exact) mass is 552 g/mol. The van der Waals surface area contributed by atoms with E-state index in [1.807, 2.05) is 32.2 Å². The molecule has 38 heavy (non-hydrogen) atoms. The fraction of sp³-hybridized carbons (Fsp3) is 0.467. The topological polar surface area (TPSA) is 59.4 Å². The summed E-state index contributed by atoms with van der Waals surface area (Å²) in [5.41, 5.74) is 5.60. The van der Waals surface area contributed by atoms with Crippen LogP contribution in [-0.4, -0.2) is 35.4 Å². The molecule has 8 heteroatoms. The van der Waals surface area contributed by atoms with Crippen molar-refractivity contribution in [2.24, 2.45) is 13.0 Å². The summed E-state index contributed by atoms with van der Waals surface area (Å²) in [6.45, 7) is 6.77. The van der Waals surface area contributed by atoms with Gasteiger partial charge in [-0.3, -0.25) is 14.2 Å². The Morgan fingerprint density at radius 2 is 2.05 bits per heavy atom. The van der Waals surface area contributed by atoms with Crippen LogP contribution in [0.15, 0.2) is 47.4 Å².